The summed E-state index contributed by atoms with van der Waals surface area (Å²) in [7, 11) is 0. The van der Waals surface area contributed by atoms with Crippen LogP contribution in [0.25, 0.3) is 16.7 Å². The number of carbonyl (C=O) groups is 2. The van der Waals surface area contributed by atoms with Crippen molar-refractivity contribution in [3.8, 4) is 11.1 Å². The number of fused-ring (bicyclic) bond motifs is 1. The Labute approximate surface area is 244 Å². The Morgan fingerprint density at radius 1 is 0.975 bits per heavy atom. The van der Waals surface area contributed by atoms with E-state index < -0.39 is 5.60 Å². The number of anilines is 2. The highest BCUT2D eigenvalue weighted by molar-refractivity contribution is 6.40. The van der Waals surface area contributed by atoms with E-state index in [1.165, 1.54) is 12.1 Å². The van der Waals surface area contributed by atoms with Crippen LogP contribution in [-0.4, -0.2) is 35.6 Å². The minimum absolute atomic E-state index is 0.102. The van der Waals surface area contributed by atoms with Crippen LogP contribution in [0, 0.1) is 12.7 Å². The number of hydrogen-bond acceptors (Lipinski definition) is 3. The molecular formula is C32H31Cl2FN2O3. The fourth-order valence-corrected chi connectivity index (χ4v) is 5.89. The van der Waals surface area contributed by atoms with E-state index in [2.05, 4.69) is 6.07 Å². The molecule has 2 aliphatic rings. The number of ether oxygens (including phenoxy) is 1. The Morgan fingerprint density at radius 3 is 2.33 bits per heavy atom. The van der Waals surface area contributed by atoms with E-state index in [0.29, 0.717) is 47.4 Å². The first-order chi connectivity index (χ1) is 18.9. The second-order valence-corrected chi connectivity index (χ2v) is 12.0. The fourth-order valence-electron chi connectivity index (χ4n) is 5.32. The molecule has 0 aromatic heterocycles. The van der Waals surface area contributed by atoms with Crippen LogP contribution in [0.5, 0.6) is 0 Å². The lowest BCUT2D eigenvalue weighted by atomic mass is 9.85. The summed E-state index contributed by atoms with van der Waals surface area (Å²) < 4.78 is 19.6. The molecule has 3 aromatic rings. The number of amides is 2. The van der Waals surface area contributed by atoms with Crippen molar-refractivity contribution >= 4 is 52.2 Å². The van der Waals surface area contributed by atoms with E-state index in [-0.39, 0.29) is 24.2 Å². The van der Waals surface area contributed by atoms with Crippen LogP contribution in [0.3, 0.4) is 0 Å². The number of halogens is 3. The van der Waals surface area contributed by atoms with Gasteiger partial charge >= 0.3 is 6.09 Å². The van der Waals surface area contributed by atoms with Crippen LogP contribution >= 0.6 is 23.2 Å². The highest BCUT2D eigenvalue weighted by Crippen LogP contribution is 2.46. The molecular weight excluding hydrogens is 550 g/mol. The Morgan fingerprint density at radius 2 is 1.70 bits per heavy atom. The van der Waals surface area contributed by atoms with Crippen LogP contribution < -0.4 is 4.90 Å². The molecule has 0 aliphatic carbocycles. The maximum atomic E-state index is 14.1. The van der Waals surface area contributed by atoms with Crippen LogP contribution in [0.1, 0.15) is 50.3 Å². The first-order valence-corrected chi connectivity index (χ1v) is 14.1. The second kappa shape index (κ2) is 10.9. The SMILES string of the molecule is Cc1cc(F)ccc1-c1cc(C2=CCN(C(=O)OC(C)(C)C)CC2)cc2c1CCC(=O)N2c1c(Cl)cccc1Cl. The molecule has 2 aliphatic heterocycles. The summed E-state index contributed by atoms with van der Waals surface area (Å²) in [6, 6.07) is 14.0. The Hall–Kier alpha value is -3.35. The van der Waals surface area contributed by atoms with E-state index in [0.717, 1.165) is 33.4 Å². The van der Waals surface area contributed by atoms with Crippen LogP contribution in [0.15, 0.2) is 54.6 Å². The van der Waals surface area contributed by atoms with Crippen molar-refractivity contribution in [2.75, 3.05) is 18.0 Å². The van der Waals surface area contributed by atoms with E-state index in [4.69, 9.17) is 27.9 Å². The largest absolute Gasteiger partial charge is 0.444 e. The maximum absolute atomic E-state index is 14.1. The van der Waals surface area contributed by atoms with Gasteiger partial charge in [0.2, 0.25) is 5.91 Å². The first kappa shape index (κ1) is 28.2. The van der Waals surface area contributed by atoms with Gasteiger partial charge in [-0.05, 0) is 110 Å². The molecule has 0 unspecified atom stereocenters. The van der Waals surface area contributed by atoms with Crippen molar-refractivity contribution in [1.29, 1.82) is 0 Å². The minimum atomic E-state index is -0.572. The van der Waals surface area contributed by atoms with Crippen molar-refractivity contribution in [1.82, 2.24) is 4.90 Å². The summed E-state index contributed by atoms with van der Waals surface area (Å²) in [6.07, 6.45) is 3.11. The number of rotatable bonds is 3. The Kier molecular flexibility index (Phi) is 7.68. The third kappa shape index (κ3) is 5.61. The fraction of sp³-hybridized carbons (Fsp3) is 0.312. The average Bonchev–Trinajstić information content (AvgIpc) is 2.88. The summed E-state index contributed by atoms with van der Waals surface area (Å²) >= 11 is 13.2. The molecule has 2 amide bonds. The number of hydrogen-bond donors (Lipinski definition) is 0. The quantitative estimate of drug-likeness (QED) is 0.311. The van der Waals surface area contributed by atoms with Gasteiger partial charge in [0.1, 0.15) is 11.4 Å². The van der Waals surface area contributed by atoms with E-state index in [1.807, 2.05) is 39.8 Å². The predicted molar refractivity (Wildman–Crippen MR) is 159 cm³/mol. The molecule has 0 saturated carbocycles. The van der Waals surface area contributed by atoms with Gasteiger partial charge in [-0.1, -0.05) is 41.4 Å². The van der Waals surface area contributed by atoms with E-state index >= 15 is 0 Å². The third-order valence-electron chi connectivity index (χ3n) is 7.18. The summed E-state index contributed by atoms with van der Waals surface area (Å²) in [4.78, 5) is 29.3. The van der Waals surface area contributed by atoms with Gasteiger partial charge in [0.05, 0.1) is 21.4 Å². The van der Waals surface area contributed by atoms with Crippen LogP contribution in [-0.2, 0) is 16.0 Å². The summed E-state index contributed by atoms with van der Waals surface area (Å²) in [6.45, 7) is 8.33. The lowest BCUT2D eigenvalue weighted by molar-refractivity contribution is -0.118. The molecule has 3 aromatic carbocycles. The molecule has 0 spiro atoms. The number of carbonyl (C=O) groups excluding carboxylic acids is 2. The van der Waals surface area contributed by atoms with Gasteiger partial charge < -0.3 is 9.64 Å². The maximum Gasteiger partial charge on any atom is 0.410 e. The summed E-state index contributed by atoms with van der Waals surface area (Å²) in [5.74, 6) is -0.404. The van der Waals surface area contributed by atoms with Crippen LogP contribution in [0.2, 0.25) is 10.0 Å². The van der Waals surface area contributed by atoms with E-state index in [1.54, 1.807) is 34.1 Å². The lowest BCUT2D eigenvalue weighted by Crippen LogP contribution is -2.39. The highest BCUT2D eigenvalue weighted by Gasteiger charge is 2.32. The average molecular weight is 582 g/mol. The van der Waals surface area contributed by atoms with Crippen LogP contribution in [0.4, 0.5) is 20.6 Å². The highest BCUT2D eigenvalue weighted by atomic mass is 35.5. The number of para-hydroxylation sites is 1. The summed E-state index contributed by atoms with van der Waals surface area (Å²) in [5, 5.41) is 0.756. The molecule has 0 N–H and O–H groups in total. The second-order valence-electron chi connectivity index (χ2n) is 11.2. The van der Waals surface area contributed by atoms with Crippen molar-refractivity contribution < 1.29 is 18.7 Å². The zero-order valence-electron chi connectivity index (χ0n) is 23.0. The Bertz CT molecular complexity index is 1520. The zero-order valence-corrected chi connectivity index (χ0v) is 24.5. The standard InChI is InChI=1S/C32H31Cl2FN2O3/c1-19-16-22(35)8-9-23(19)25-17-21(20-12-14-36(15-13-20)31(39)40-32(2,3)4)18-28-24(25)10-11-29(38)37(28)30-26(33)6-5-7-27(30)34/h5-9,12,16-18H,10-11,13-15H2,1-4H3. The first-order valence-electron chi connectivity index (χ1n) is 13.3. The predicted octanol–water partition coefficient (Wildman–Crippen LogP) is 8.74. The monoisotopic (exact) mass is 580 g/mol. The van der Waals surface area contributed by atoms with Crippen molar-refractivity contribution in [3.05, 3.63) is 87.2 Å². The molecule has 8 heteroatoms. The van der Waals surface area contributed by atoms with Gasteiger partial charge in [-0.2, -0.15) is 0 Å². The molecule has 208 valence electrons. The lowest BCUT2D eigenvalue weighted by Gasteiger charge is -2.34. The molecule has 0 bridgehead atoms. The molecule has 0 radical (unpaired) electrons. The normalized spacial score (nSPS) is 15.6. The Balaban J connectivity index is 1.65. The third-order valence-corrected chi connectivity index (χ3v) is 7.79. The topological polar surface area (TPSA) is 49.9 Å². The minimum Gasteiger partial charge on any atom is -0.444 e. The number of nitrogens with zero attached hydrogens (tertiary/aromatic N) is 2. The van der Waals surface area contributed by atoms with Crippen molar-refractivity contribution in [2.24, 2.45) is 0 Å². The van der Waals surface area contributed by atoms with Gasteiger partial charge in [0.15, 0.2) is 0 Å². The van der Waals surface area contributed by atoms with Gasteiger partial charge in [0, 0.05) is 19.5 Å². The molecule has 0 saturated heterocycles. The van der Waals surface area contributed by atoms with Gasteiger partial charge in [-0.25, -0.2) is 9.18 Å². The van der Waals surface area contributed by atoms with Gasteiger partial charge in [0.25, 0.3) is 0 Å². The molecule has 5 nitrogen and oxygen atoms in total. The molecule has 5 rings (SSSR count). The number of benzene rings is 3. The zero-order chi connectivity index (χ0) is 28.8. The smallest absolute Gasteiger partial charge is 0.410 e. The number of aryl methyl sites for hydroxylation is 1. The van der Waals surface area contributed by atoms with E-state index in [9.17, 15) is 14.0 Å². The molecule has 40 heavy (non-hydrogen) atoms. The van der Waals surface area contributed by atoms with Crippen molar-refractivity contribution in [2.45, 2.75) is 52.6 Å². The molecule has 0 fully saturated rings. The molecule has 2 heterocycles. The van der Waals surface area contributed by atoms with Gasteiger partial charge in [-0.15, -0.1) is 0 Å². The van der Waals surface area contributed by atoms with Gasteiger partial charge in [-0.3, -0.25) is 9.69 Å². The molecule has 0 atom stereocenters. The summed E-state index contributed by atoms with van der Waals surface area (Å²) in [5.41, 5.74) is 6.15. The van der Waals surface area contributed by atoms with Crippen molar-refractivity contribution in [3.63, 3.8) is 0 Å².